The number of rotatable bonds is 5. The molecule has 1 heterocycles. The fraction of sp³-hybridized carbons (Fsp3) is 0.143. The number of halogens is 3. The number of thioether (sulfide) groups is 1. The quantitative estimate of drug-likeness (QED) is 0.448. The number of pyridine rings is 1. The van der Waals surface area contributed by atoms with E-state index in [4.69, 9.17) is 4.74 Å². The molecule has 8 heteroatoms. The van der Waals surface area contributed by atoms with Gasteiger partial charge in [0.1, 0.15) is 0 Å². The average Bonchev–Trinajstić information content (AvgIpc) is 2.52. The van der Waals surface area contributed by atoms with Gasteiger partial charge in [0.25, 0.3) is 0 Å². The molecule has 22 heavy (non-hydrogen) atoms. The van der Waals surface area contributed by atoms with E-state index in [0.29, 0.717) is 11.4 Å². The summed E-state index contributed by atoms with van der Waals surface area (Å²) in [5.74, 6) is 0.701. The second-order valence-corrected chi connectivity index (χ2v) is 7.51. The Hall–Kier alpha value is -0.570. The zero-order chi connectivity index (χ0) is 16.1. The van der Waals surface area contributed by atoms with Crippen LogP contribution in [-0.4, -0.2) is 23.8 Å². The van der Waals surface area contributed by atoms with E-state index in [9.17, 15) is 4.79 Å². The van der Waals surface area contributed by atoms with E-state index in [1.165, 1.54) is 11.8 Å². The summed E-state index contributed by atoms with van der Waals surface area (Å²) in [4.78, 5) is 16.3. The maximum atomic E-state index is 12.1. The molecule has 4 nitrogen and oxygen atoms in total. The van der Waals surface area contributed by atoms with Crippen molar-refractivity contribution < 1.29 is 9.53 Å². The molecule has 2 rings (SSSR count). The third-order valence-corrected chi connectivity index (χ3v) is 6.80. The van der Waals surface area contributed by atoms with Crippen LogP contribution in [0, 0.1) is 0 Å². The number of nitrogens with one attached hydrogen (secondary N) is 1. The van der Waals surface area contributed by atoms with Crippen LogP contribution in [0.5, 0.6) is 5.75 Å². The fourth-order valence-corrected chi connectivity index (χ4v) is 3.87. The van der Waals surface area contributed by atoms with Crippen molar-refractivity contribution in [2.45, 2.75) is 5.03 Å². The highest BCUT2D eigenvalue weighted by atomic mass is 79.9. The van der Waals surface area contributed by atoms with Gasteiger partial charge in [0.15, 0.2) is 5.75 Å². The van der Waals surface area contributed by atoms with E-state index in [2.05, 4.69) is 58.1 Å². The number of methoxy groups -OCH3 is 1. The molecule has 1 amide bonds. The van der Waals surface area contributed by atoms with Gasteiger partial charge in [0, 0.05) is 15.1 Å². The SMILES string of the molecule is COc1c(NC(=O)CSc2ccccn2)cc(Br)c(Br)c1Br. The van der Waals surface area contributed by atoms with Crippen LogP contribution in [0.1, 0.15) is 0 Å². The van der Waals surface area contributed by atoms with Crippen LogP contribution >= 0.6 is 59.6 Å². The molecule has 116 valence electrons. The molecule has 0 atom stereocenters. The average molecular weight is 511 g/mol. The largest absolute Gasteiger partial charge is 0.493 e. The molecule has 0 spiro atoms. The first kappa shape index (κ1) is 17.8. The first-order valence-corrected chi connectivity index (χ1v) is 9.44. The number of anilines is 1. The number of nitrogens with zero attached hydrogens (tertiary/aromatic N) is 1. The lowest BCUT2D eigenvalue weighted by molar-refractivity contribution is -0.113. The van der Waals surface area contributed by atoms with Gasteiger partial charge >= 0.3 is 0 Å². The van der Waals surface area contributed by atoms with E-state index in [1.807, 2.05) is 18.2 Å². The van der Waals surface area contributed by atoms with Gasteiger partial charge < -0.3 is 10.1 Å². The molecule has 1 aromatic carbocycles. The molecular weight excluding hydrogens is 500 g/mol. The topological polar surface area (TPSA) is 51.2 Å². The number of amides is 1. The van der Waals surface area contributed by atoms with Crippen molar-refractivity contribution in [1.29, 1.82) is 0 Å². The molecule has 0 bridgehead atoms. The van der Waals surface area contributed by atoms with Crippen molar-refractivity contribution >= 4 is 71.1 Å². The minimum atomic E-state index is -0.130. The van der Waals surface area contributed by atoms with Gasteiger partial charge in [-0.25, -0.2) is 4.98 Å². The molecule has 0 saturated carbocycles. The van der Waals surface area contributed by atoms with E-state index >= 15 is 0 Å². The molecule has 2 aromatic rings. The Morgan fingerprint density at radius 1 is 1.32 bits per heavy atom. The third kappa shape index (κ3) is 4.47. The lowest BCUT2D eigenvalue weighted by Gasteiger charge is -2.14. The van der Waals surface area contributed by atoms with Crippen molar-refractivity contribution in [3.63, 3.8) is 0 Å². The lowest BCUT2D eigenvalue weighted by Crippen LogP contribution is -2.15. The normalized spacial score (nSPS) is 10.4. The van der Waals surface area contributed by atoms with Crippen LogP contribution in [-0.2, 0) is 4.79 Å². The van der Waals surface area contributed by atoms with E-state index in [-0.39, 0.29) is 11.7 Å². The molecule has 0 saturated heterocycles. The van der Waals surface area contributed by atoms with Crippen molar-refractivity contribution in [3.05, 3.63) is 43.9 Å². The van der Waals surface area contributed by atoms with Gasteiger partial charge in [-0.15, -0.1) is 0 Å². The Labute approximate surface area is 157 Å². The van der Waals surface area contributed by atoms with Gasteiger partial charge in [-0.1, -0.05) is 17.8 Å². The molecule has 1 N–H and O–H groups in total. The first-order chi connectivity index (χ1) is 10.5. The fourth-order valence-electron chi connectivity index (χ4n) is 1.63. The zero-order valence-electron chi connectivity index (χ0n) is 11.4. The minimum Gasteiger partial charge on any atom is -0.493 e. The van der Waals surface area contributed by atoms with Crippen molar-refractivity contribution in [2.24, 2.45) is 0 Å². The third-order valence-electron chi connectivity index (χ3n) is 2.58. The Bertz CT molecular complexity index is 684. The number of carbonyl (C=O) groups excluding carboxylic acids is 1. The summed E-state index contributed by atoms with van der Waals surface area (Å²) in [6, 6.07) is 7.38. The van der Waals surface area contributed by atoms with Crippen molar-refractivity contribution in [3.8, 4) is 5.75 Å². The molecule has 0 unspecified atom stereocenters. The number of benzene rings is 1. The van der Waals surface area contributed by atoms with Gasteiger partial charge in [-0.2, -0.15) is 0 Å². The zero-order valence-corrected chi connectivity index (χ0v) is 17.0. The molecule has 0 radical (unpaired) electrons. The standard InChI is InChI=1S/C14H11Br3N2O2S/c1-21-14-9(6-8(15)12(16)13(14)17)19-10(20)7-22-11-4-2-3-5-18-11/h2-6H,7H2,1H3,(H,19,20). The van der Waals surface area contributed by atoms with Crippen LogP contribution in [0.15, 0.2) is 48.9 Å². The lowest BCUT2D eigenvalue weighted by atomic mass is 10.3. The number of ether oxygens (including phenoxy) is 1. The molecule has 0 aliphatic rings. The van der Waals surface area contributed by atoms with Gasteiger partial charge in [0.2, 0.25) is 5.91 Å². The molecule has 1 aromatic heterocycles. The summed E-state index contributed by atoms with van der Waals surface area (Å²) in [6.07, 6.45) is 1.70. The molecule has 0 aliphatic heterocycles. The van der Waals surface area contributed by atoms with Crippen LogP contribution in [0.2, 0.25) is 0 Å². The highest BCUT2D eigenvalue weighted by molar-refractivity contribution is 9.14. The number of hydrogen-bond acceptors (Lipinski definition) is 4. The number of aromatic nitrogens is 1. The van der Waals surface area contributed by atoms with Crippen LogP contribution in [0.3, 0.4) is 0 Å². The minimum absolute atomic E-state index is 0.130. The molecule has 0 aliphatic carbocycles. The second kappa shape index (κ2) is 8.33. The van der Waals surface area contributed by atoms with Crippen LogP contribution < -0.4 is 10.1 Å². The highest BCUT2D eigenvalue weighted by Crippen LogP contribution is 2.43. The maximum Gasteiger partial charge on any atom is 0.234 e. The number of hydrogen-bond donors (Lipinski definition) is 1. The number of carbonyl (C=O) groups is 1. The molecular formula is C14H11Br3N2O2S. The Balaban J connectivity index is 2.08. The summed E-state index contributed by atoms with van der Waals surface area (Å²) in [5.41, 5.74) is 0.594. The summed E-state index contributed by atoms with van der Waals surface area (Å²) in [6.45, 7) is 0. The van der Waals surface area contributed by atoms with Crippen molar-refractivity contribution in [1.82, 2.24) is 4.98 Å². The highest BCUT2D eigenvalue weighted by Gasteiger charge is 2.16. The molecule has 0 fully saturated rings. The van der Waals surface area contributed by atoms with E-state index < -0.39 is 0 Å². The van der Waals surface area contributed by atoms with Crippen LogP contribution in [0.4, 0.5) is 5.69 Å². The van der Waals surface area contributed by atoms with Crippen LogP contribution in [0.25, 0.3) is 0 Å². The van der Waals surface area contributed by atoms with Gasteiger partial charge in [-0.3, -0.25) is 4.79 Å². The monoisotopic (exact) mass is 508 g/mol. The summed E-state index contributed by atoms with van der Waals surface area (Å²) >= 11 is 11.7. The predicted octanol–water partition coefficient (Wildman–Crippen LogP) is 5.11. The van der Waals surface area contributed by atoms with Gasteiger partial charge in [-0.05, 0) is 66.0 Å². The maximum absolute atomic E-state index is 12.1. The first-order valence-electron chi connectivity index (χ1n) is 6.08. The summed E-state index contributed by atoms with van der Waals surface area (Å²) in [7, 11) is 1.55. The predicted molar refractivity (Wildman–Crippen MR) is 99.7 cm³/mol. The second-order valence-electron chi connectivity index (χ2n) is 4.07. The Morgan fingerprint density at radius 2 is 2.09 bits per heavy atom. The summed E-state index contributed by atoms with van der Waals surface area (Å²) in [5, 5.41) is 3.66. The Morgan fingerprint density at radius 3 is 2.73 bits per heavy atom. The smallest absolute Gasteiger partial charge is 0.234 e. The summed E-state index contributed by atoms with van der Waals surface area (Å²) < 4.78 is 7.71. The van der Waals surface area contributed by atoms with Crippen molar-refractivity contribution in [2.75, 3.05) is 18.2 Å². The van der Waals surface area contributed by atoms with E-state index in [0.717, 1.165) is 18.4 Å². The van der Waals surface area contributed by atoms with Gasteiger partial charge in [0.05, 0.1) is 28.0 Å². The Kier molecular flexibility index (Phi) is 6.73. The van der Waals surface area contributed by atoms with E-state index in [1.54, 1.807) is 19.4 Å².